The molecular formula is C14H19F2NO4S. The van der Waals surface area contributed by atoms with E-state index in [1.807, 2.05) is 13.8 Å². The van der Waals surface area contributed by atoms with Gasteiger partial charge in [0.2, 0.25) is 0 Å². The van der Waals surface area contributed by atoms with Gasteiger partial charge >= 0.3 is 0 Å². The molecule has 0 aliphatic heterocycles. The second-order valence-electron chi connectivity index (χ2n) is 5.24. The number of rotatable bonds is 7. The topological polar surface area (TPSA) is 72.5 Å². The van der Waals surface area contributed by atoms with Crippen molar-refractivity contribution in [3.8, 4) is 0 Å². The molecule has 124 valence electrons. The summed E-state index contributed by atoms with van der Waals surface area (Å²) in [5, 5.41) is 0. The minimum absolute atomic E-state index is 0.303. The van der Waals surface area contributed by atoms with E-state index >= 15 is 0 Å². The minimum atomic E-state index is -4.41. The Morgan fingerprint density at radius 1 is 1.27 bits per heavy atom. The lowest BCUT2D eigenvalue weighted by Gasteiger charge is -2.14. The van der Waals surface area contributed by atoms with Crippen molar-refractivity contribution in [2.75, 3.05) is 6.61 Å². The number of benzene rings is 1. The van der Waals surface area contributed by atoms with Crippen LogP contribution in [0.2, 0.25) is 0 Å². The van der Waals surface area contributed by atoms with Crippen molar-refractivity contribution in [1.29, 1.82) is 0 Å². The highest BCUT2D eigenvalue weighted by Crippen LogP contribution is 2.15. The maximum absolute atomic E-state index is 13.5. The first-order valence-corrected chi connectivity index (χ1v) is 8.25. The molecule has 0 spiro atoms. The first-order valence-electron chi connectivity index (χ1n) is 6.77. The predicted octanol–water partition coefficient (Wildman–Crippen LogP) is 2.22. The summed E-state index contributed by atoms with van der Waals surface area (Å²) < 4.78 is 57.0. The van der Waals surface area contributed by atoms with Crippen LogP contribution in [0, 0.1) is 17.6 Å². The van der Waals surface area contributed by atoms with Crippen molar-refractivity contribution < 1.29 is 26.7 Å². The second-order valence-corrected chi connectivity index (χ2v) is 6.89. The van der Waals surface area contributed by atoms with E-state index in [1.54, 1.807) is 4.72 Å². The van der Waals surface area contributed by atoms with Crippen LogP contribution in [0.3, 0.4) is 0 Å². The minimum Gasteiger partial charge on any atom is -0.369 e. The van der Waals surface area contributed by atoms with Gasteiger partial charge < -0.3 is 4.74 Å². The number of carbonyl (C=O) groups excluding carboxylic acids is 1. The highest BCUT2D eigenvalue weighted by Gasteiger charge is 2.25. The van der Waals surface area contributed by atoms with Crippen molar-refractivity contribution in [2.24, 2.45) is 5.92 Å². The molecule has 8 heteroatoms. The number of carbonyl (C=O) groups is 1. The Morgan fingerprint density at radius 3 is 2.45 bits per heavy atom. The molecule has 1 aromatic rings. The van der Waals surface area contributed by atoms with Crippen LogP contribution >= 0.6 is 0 Å². The van der Waals surface area contributed by atoms with Gasteiger partial charge in [0.25, 0.3) is 15.9 Å². The zero-order chi connectivity index (χ0) is 16.9. The van der Waals surface area contributed by atoms with Crippen LogP contribution in [-0.2, 0) is 19.6 Å². The van der Waals surface area contributed by atoms with Crippen LogP contribution in [-0.4, -0.2) is 27.0 Å². The number of amides is 1. The second kappa shape index (κ2) is 7.64. The average Bonchev–Trinajstić information content (AvgIpc) is 2.36. The summed E-state index contributed by atoms with van der Waals surface area (Å²) in [5.41, 5.74) is 0. The van der Waals surface area contributed by atoms with Gasteiger partial charge in [-0.2, -0.15) is 0 Å². The van der Waals surface area contributed by atoms with Crippen LogP contribution in [0.1, 0.15) is 27.2 Å². The molecule has 1 atom stereocenters. The van der Waals surface area contributed by atoms with E-state index in [-0.39, 0.29) is 0 Å². The summed E-state index contributed by atoms with van der Waals surface area (Å²) in [4.78, 5) is 11.0. The molecule has 0 bridgehead atoms. The third kappa shape index (κ3) is 5.34. The molecule has 0 fully saturated rings. The van der Waals surface area contributed by atoms with Crippen molar-refractivity contribution in [3.63, 3.8) is 0 Å². The third-order valence-electron chi connectivity index (χ3n) is 2.85. The summed E-state index contributed by atoms with van der Waals surface area (Å²) in [6.07, 6.45) is -0.284. The van der Waals surface area contributed by atoms with Gasteiger partial charge in [-0.1, -0.05) is 13.8 Å². The van der Waals surface area contributed by atoms with Gasteiger partial charge in [-0.3, -0.25) is 4.79 Å². The molecule has 0 aliphatic carbocycles. The van der Waals surface area contributed by atoms with E-state index in [0.29, 0.717) is 18.6 Å². The van der Waals surface area contributed by atoms with E-state index < -0.39 is 38.6 Å². The van der Waals surface area contributed by atoms with Crippen LogP contribution in [0.5, 0.6) is 0 Å². The number of hydrogen-bond donors (Lipinski definition) is 1. The molecule has 1 N–H and O–H groups in total. The molecule has 0 aliphatic rings. The molecule has 5 nitrogen and oxygen atoms in total. The highest BCUT2D eigenvalue weighted by molar-refractivity contribution is 7.90. The van der Waals surface area contributed by atoms with E-state index in [0.717, 1.165) is 18.6 Å². The van der Waals surface area contributed by atoms with Crippen molar-refractivity contribution >= 4 is 15.9 Å². The van der Waals surface area contributed by atoms with Crippen LogP contribution in [0.25, 0.3) is 0 Å². The number of hydrogen-bond acceptors (Lipinski definition) is 4. The van der Waals surface area contributed by atoms with Gasteiger partial charge in [0, 0.05) is 12.7 Å². The quantitative estimate of drug-likeness (QED) is 0.829. The molecule has 1 amide bonds. The molecule has 1 aromatic carbocycles. The molecular weight excluding hydrogens is 316 g/mol. The summed E-state index contributed by atoms with van der Waals surface area (Å²) in [7, 11) is -4.41. The van der Waals surface area contributed by atoms with E-state index in [4.69, 9.17) is 4.74 Å². The molecule has 0 saturated carbocycles. The Kier molecular flexibility index (Phi) is 6.43. The Balaban J connectivity index is 2.73. The number of sulfonamides is 1. The largest absolute Gasteiger partial charge is 0.369 e. The smallest absolute Gasteiger partial charge is 0.267 e. The van der Waals surface area contributed by atoms with E-state index in [2.05, 4.69) is 0 Å². The first kappa shape index (κ1) is 18.5. The summed E-state index contributed by atoms with van der Waals surface area (Å²) >= 11 is 0. The number of nitrogens with one attached hydrogen (secondary N) is 1. The lowest BCUT2D eigenvalue weighted by atomic mass is 10.1. The summed E-state index contributed by atoms with van der Waals surface area (Å²) in [6, 6.07) is 1.98. The lowest BCUT2D eigenvalue weighted by molar-refractivity contribution is -0.130. The van der Waals surface area contributed by atoms with Crippen LogP contribution < -0.4 is 4.72 Å². The van der Waals surface area contributed by atoms with Crippen LogP contribution in [0.15, 0.2) is 23.1 Å². The molecule has 1 rings (SSSR count). The summed E-state index contributed by atoms with van der Waals surface area (Å²) in [6.45, 7) is 5.66. The highest BCUT2D eigenvalue weighted by atomic mass is 32.2. The van der Waals surface area contributed by atoms with Gasteiger partial charge in [-0.15, -0.1) is 0 Å². The zero-order valence-corrected chi connectivity index (χ0v) is 13.4. The molecule has 0 aromatic heterocycles. The van der Waals surface area contributed by atoms with E-state index in [1.165, 1.54) is 6.92 Å². The van der Waals surface area contributed by atoms with Crippen molar-refractivity contribution in [2.45, 2.75) is 38.2 Å². The molecule has 1 unspecified atom stereocenters. The number of ether oxygens (including phenoxy) is 1. The van der Waals surface area contributed by atoms with Gasteiger partial charge in [0.1, 0.15) is 22.6 Å². The van der Waals surface area contributed by atoms with Crippen LogP contribution in [0.4, 0.5) is 8.78 Å². The van der Waals surface area contributed by atoms with E-state index in [9.17, 15) is 22.0 Å². The Bertz CT molecular complexity index is 632. The van der Waals surface area contributed by atoms with Gasteiger partial charge in [-0.25, -0.2) is 21.9 Å². The molecule has 0 saturated heterocycles. The molecule has 0 heterocycles. The number of halogens is 2. The normalized spacial score (nSPS) is 13.2. The summed E-state index contributed by atoms with van der Waals surface area (Å²) in [5.74, 6) is -2.71. The van der Waals surface area contributed by atoms with Crippen molar-refractivity contribution in [3.05, 3.63) is 29.8 Å². The molecule has 22 heavy (non-hydrogen) atoms. The van der Waals surface area contributed by atoms with Gasteiger partial charge in [0.05, 0.1) is 0 Å². The Labute approximate surface area is 128 Å². The maximum atomic E-state index is 13.5. The monoisotopic (exact) mass is 335 g/mol. The van der Waals surface area contributed by atoms with Gasteiger partial charge in [0.15, 0.2) is 0 Å². The Morgan fingerprint density at radius 2 is 1.91 bits per heavy atom. The standard InChI is InChI=1S/C14H19F2NO4S/c1-9(2)6-7-21-10(3)14(18)17-22(19,20)13-5-4-11(15)8-12(13)16/h4-5,8-10H,6-7H2,1-3H3,(H,17,18). The fourth-order valence-electron chi connectivity index (χ4n) is 1.52. The van der Waals surface area contributed by atoms with Crippen molar-refractivity contribution in [1.82, 2.24) is 4.72 Å². The lowest BCUT2D eigenvalue weighted by Crippen LogP contribution is -2.39. The first-order chi connectivity index (χ1) is 10.1. The predicted molar refractivity (Wildman–Crippen MR) is 76.6 cm³/mol. The molecule has 0 radical (unpaired) electrons. The zero-order valence-electron chi connectivity index (χ0n) is 12.6. The fraction of sp³-hybridized carbons (Fsp3) is 0.500. The SMILES string of the molecule is CC(C)CCOC(C)C(=O)NS(=O)(=O)c1ccc(F)cc1F. The fourth-order valence-corrected chi connectivity index (χ4v) is 2.62. The maximum Gasteiger partial charge on any atom is 0.267 e. The Hall–Kier alpha value is -1.54. The van der Waals surface area contributed by atoms with Gasteiger partial charge in [-0.05, 0) is 31.4 Å². The average molecular weight is 335 g/mol. The third-order valence-corrected chi connectivity index (χ3v) is 4.23.